The summed E-state index contributed by atoms with van der Waals surface area (Å²) in [5.74, 6) is -0.139. The van der Waals surface area contributed by atoms with Gasteiger partial charge in [-0.25, -0.2) is 15.0 Å². The molecule has 0 radical (unpaired) electrons. The van der Waals surface area contributed by atoms with Gasteiger partial charge in [-0.1, -0.05) is 33.4 Å². The zero-order valence-corrected chi connectivity index (χ0v) is 16.9. The number of hydrogen-bond acceptors (Lipinski definition) is 5. The molecule has 0 aromatic heterocycles. The lowest BCUT2D eigenvalue weighted by Crippen LogP contribution is -2.19. The van der Waals surface area contributed by atoms with Gasteiger partial charge < -0.3 is 5.32 Å². The van der Waals surface area contributed by atoms with Crippen molar-refractivity contribution in [2.24, 2.45) is 20.9 Å². The van der Waals surface area contributed by atoms with Gasteiger partial charge in [0.2, 0.25) is 0 Å². The first-order chi connectivity index (χ1) is 11.9. The molecule has 0 heterocycles. The predicted molar refractivity (Wildman–Crippen MR) is 112 cm³/mol. The fourth-order valence-corrected chi connectivity index (χ4v) is 2.43. The van der Waals surface area contributed by atoms with E-state index in [1.807, 2.05) is 26.2 Å². The Morgan fingerprint density at radius 3 is 2.48 bits per heavy atom. The minimum absolute atomic E-state index is 0.326. The third-order valence-electron chi connectivity index (χ3n) is 3.24. The van der Waals surface area contributed by atoms with Crippen LogP contribution in [-0.2, 0) is 0 Å². The number of allylic oxidation sites excluding steroid dienone is 2. The summed E-state index contributed by atoms with van der Waals surface area (Å²) in [7, 11) is 0. The van der Waals surface area contributed by atoms with E-state index >= 15 is 0 Å². The van der Waals surface area contributed by atoms with Crippen LogP contribution >= 0.6 is 11.8 Å². The van der Waals surface area contributed by atoms with Gasteiger partial charge in [0.1, 0.15) is 11.6 Å². The summed E-state index contributed by atoms with van der Waals surface area (Å²) in [4.78, 5) is 12.6. The Labute approximate surface area is 156 Å². The normalized spacial score (nSPS) is 15.1. The lowest BCUT2D eigenvalue weighted by molar-refractivity contribution is 0.686. The number of hydrogen-bond donors (Lipinski definition) is 1. The number of nitrogens with zero attached hydrogens (tertiary/aromatic N) is 3. The Morgan fingerprint density at radius 2 is 1.96 bits per heavy atom. The first kappa shape index (κ1) is 23.3. The minimum atomic E-state index is -0.556. The molecule has 1 atom stereocenters. The molecule has 0 aliphatic rings. The topological polar surface area (TPSA) is 49.1 Å². The Bertz CT molecular complexity index is 562. The highest BCUT2D eigenvalue weighted by Crippen LogP contribution is 2.17. The van der Waals surface area contributed by atoms with Crippen molar-refractivity contribution in [2.45, 2.75) is 47.0 Å². The van der Waals surface area contributed by atoms with Crippen LogP contribution in [0.25, 0.3) is 0 Å². The monoisotopic (exact) mass is 366 g/mol. The highest BCUT2D eigenvalue weighted by atomic mass is 32.2. The standard InChI is InChI=1S/C19H31FN4S/c1-8-11-13-21-17(12-9-2)24-18(20)15(5)19(25-7)23-16(6)22-14(4)10-3/h10,12,15,21H,3,6,8-9,11,13H2,1-2,4-5,7H3/b17-12-,22-14-,23-19-,24-18+. The summed E-state index contributed by atoms with van der Waals surface area (Å²) in [6, 6.07) is 0. The second-order valence-electron chi connectivity index (χ2n) is 5.46. The molecule has 0 aliphatic carbocycles. The van der Waals surface area contributed by atoms with Gasteiger partial charge in [-0.15, -0.1) is 11.8 Å². The van der Waals surface area contributed by atoms with Crippen molar-refractivity contribution in [3.63, 3.8) is 0 Å². The molecule has 6 heteroatoms. The Kier molecular flexibility index (Phi) is 12.7. The maximum absolute atomic E-state index is 14.6. The number of aliphatic imine (C=N–C) groups is 3. The minimum Gasteiger partial charge on any atom is -0.370 e. The van der Waals surface area contributed by atoms with Gasteiger partial charge in [0.05, 0.1) is 11.0 Å². The third kappa shape index (κ3) is 10.0. The van der Waals surface area contributed by atoms with E-state index in [-0.39, 0.29) is 0 Å². The van der Waals surface area contributed by atoms with Crippen LogP contribution in [0.1, 0.15) is 47.0 Å². The van der Waals surface area contributed by atoms with Gasteiger partial charge in [0.25, 0.3) is 0 Å². The molecule has 25 heavy (non-hydrogen) atoms. The molecule has 0 rings (SSSR count). The number of halogens is 1. The van der Waals surface area contributed by atoms with Crippen molar-refractivity contribution in [1.29, 1.82) is 0 Å². The van der Waals surface area contributed by atoms with E-state index in [2.05, 4.69) is 40.4 Å². The fourth-order valence-electron chi connectivity index (χ4n) is 1.78. The van der Waals surface area contributed by atoms with Crippen molar-refractivity contribution < 1.29 is 4.39 Å². The quantitative estimate of drug-likeness (QED) is 0.298. The zero-order chi connectivity index (χ0) is 19.2. The number of rotatable bonds is 11. The van der Waals surface area contributed by atoms with Crippen LogP contribution in [0.15, 0.2) is 51.9 Å². The molecule has 0 saturated heterocycles. The zero-order valence-electron chi connectivity index (χ0n) is 16.1. The van der Waals surface area contributed by atoms with E-state index in [1.54, 1.807) is 13.0 Å². The first-order valence-corrected chi connectivity index (χ1v) is 9.79. The van der Waals surface area contributed by atoms with Gasteiger partial charge in [-0.3, -0.25) is 0 Å². The summed E-state index contributed by atoms with van der Waals surface area (Å²) < 4.78 is 14.6. The van der Waals surface area contributed by atoms with Crippen molar-refractivity contribution in [3.8, 4) is 0 Å². The van der Waals surface area contributed by atoms with Crippen molar-refractivity contribution in [3.05, 3.63) is 37.0 Å². The number of unbranched alkanes of at least 4 members (excludes halogenated alkanes) is 1. The molecule has 140 valence electrons. The van der Waals surface area contributed by atoms with Crippen LogP contribution < -0.4 is 5.32 Å². The highest BCUT2D eigenvalue weighted by Gasteiger charge is 2.18. The Hall–Kier alpha value is -1.69. The lowest BCUT2D eigenvalue weighted by Gasteiger charge is -2.12. The second-order valence-corrected chi connectivity index (χ2v) is 6.29. The largest absolute Gasteiger partial charge is 0.370 e. The van der Waals surface area contributed by atoms with Crippen LogP contribution in [0.3, 0.4) is 0 Å². The molecule has 0 aliphatic heterocycles. The van der Waals surface area contributed by atoms with Gasteiger partial charge in [-0.2, -0.15) is 4.39 Å². The average molecular weight is 367 g/mol. The smallest absolute Gasteiger partial charge is 0.200 e. The lowest BCUT2D eigenvalue weighted by atomic mass is 10.2. The van der Waals surface area contributed by atoms with Crippen LogP contribution in [0.4, 0.5) is 4.39 Å². The molecule has 0 amide bonds. The Balaban J connectivity index is 5.28. The maximum atomic E-state index is 14.6. The van der Waals surface area contributed by atoms with E-state index in [9.17, 15) is 4.39 Å². The molecular weight excluding hydrogens is 335 g/mol. The summed E-state index contributed by atoms with van der Waals surface area (Å²) in [5, 5.41) is 3.76. The molecule has 0 saturated carbocycles. The number of nitrogens with one attached hydrogen (secondary N) is 1. The summed E-state index contributed by atoms with van der Waals surface area (Å²) in [6.07, 6.45) is 8.23. The summed E-state index contributed by atoms with van der Waals surface area (Å²) in [5.41, 5.74) is 0.712. The maximum Gasteiger partial charge on any atom is 0.200 e. The van der Waals surface area contributed by atoms with E-state index in [0.717, 1.165) is 25.8 Å². The SMILES string of the molecule is C=C/C(C)=N\C(=C)/N=C(\SC)C(C)/C(F)=N\C(=C/CC)NCCCC. The van der Waals surface area contributed by atoms with E-state index in [4.69, 9.17) is 0 Å². The molecule has 0 aromatic carbocycles. The second kappa shape index (κ2) is 13.6. The van der Waals surface area contributed by atoms with Gasteiger partial charge in [0.15, 0.2) is 5.97 Å². The summed E-state index contributed by atoms with van der Waals surface area (Å²) >= 11 is 1.36. The molecular formula is C19H31FN4S. The fraction of sp³-hybridized carbons (Fsp3) is 0.526. The van der Waals surface area contributed by atoms with Crippen LogP contribution in [0, 0.1) is 5.92 Å². The molecule has 4 nitrogen and oxygen atoms in total. The molecule has 0 aromatic rings. The van der Waals surface area contributed by atoms with Crippen molar-refractivity contribution in [2.75, 3.05) is 12.8 Å². The van der Waals surface area contributed by atoms with E-state index in [0.29, 0.717) is 22.4 Å². The molecule has 0 bridgehead atoms. The van der Waals surface area contributed by atoms with Gasteiger partial charge in [-0.05, 0) is 45.1 Å². The first-order valence-electron chi connectivity index (χ1n) is 8.56. The third-order valence-corrected chi connectivity index (χ3v) is 4.10. The average Bonchev–Trinajstić information content (AvgIpc) is 2.59. The van der Waals surface area contributed by atoms with Gasteiger partial charge >= 0.3 is 0 Å². The van der Waals surface area contributed by atoms with Crippen molar-refractivity contribution >= 4 is 28.5 Å². The van der Waals surface area contributed by atoms with Crippen LogP contribution in [0.5, 0.6) is 0 Å². The van der Waals surface area contributed by atoms with E-state index in [1.165, 1.54) is 11.8 Å². The molecule has 1 unspecified atom stereocenters. The number of thioether (sulfide) groups is 1. The van der Waals surface area contributed by atoms with Crippen LogP contribution in [-0.4, -0.2) is 29.5 Å². The Morgan fingerprint density at radius 1 is 1.28 bits per heavy atom. The van der Waals surface area contributed by atoms with Crippen molar-refractivity contribution in [1.82, 2.24) is 5.32 Å². The van der Waals surface area contributed by atoms with E-state index < -0.39 is 11.9 Å². The molecule has 1 N–H and O–H groups in total. The summed E-state index contributed by atoms with van der Waals surface area (Å²) in [6.45, 7) is 15.9. The molecule has 0 fully saturated rings. The predicted octanol–water partition coefficient (Wildman–Crippen LogP) is 5.51. The van der Waals surface area contributed by atoms with Gasteiger partial charge in [0, 0.05) is 12.3 Å². The van der Waals surface area contributed by atoms with Crippen LogP contribution in [0.2, 0.25) is 0 Å². The highest BCUT2D eigenvalue weighted by molar-refractivity contribution is 8.13. The molecule has 0 spiro atoms.